The van der Waals surface area contributed by atoms with Gasteiger partial charge in [-0.25, -0.2) is 0 Å². The van der Waals surface area contributed by atoms with Gasteiger partial charge in [-0.2, -0.15) is 0 Å². The van der Waals surface area contributed by atoms with Gasteiger partial charge in [-0.05, 0) is 44.2 Å². The first kappa shape index (κ1) is 12.6. The summed E-state index contributed by atoms with van der Waals surface area (Å²) in [6.45, 7) is 5.27. The van der Waals surface area contributed by atoms with Crippen LogP contribution in [0.25, 0.3) is 0 Å². The van der Waals surface area contributed by atoms with Gasteiger partial charge in [0, 0.05) is 12.6 Å². The average Bonchev–Trinajstić information content (AvgIpc) is 2.89. The Bertz CT molecular complexity index is 306. The maximum absolute atomic E-state index is 5.41. The van der Waals surface area contributed by atoms with Gasteiger partial charge in [-0.3, -0.25) is 0 Å². The van der Waals surface area contributed by atoms with E-state index in [1.807, 2.05) is 0 Å². The summed E-state index contributed by atoms with van der Waals surface area (Å²) in [5.41, 5.74) is 1.44. The molecule has 1 aromatic carbocycles. The van der Waals surface area contributed by atoms with Gasteiger partial charge in [0.05, 0.1) is 6.61 Å². The first-order valence-electron chi connectivity index (χ1n) is 6.71. The largest absolute Gasteiger partial charge is 0.381 e. The SMILES string of the molecule is CC(NCCCc1ccccc1)C1CCOC1. The minimum absolute atomic E-state index is 0.591. The highest BCUT2D eigenvalue weighted by Crippen LogP contribution is 2.16. The summed E-state index contributed by atoms with van der Waals surface area (Å²) in [6, 6.07) is 11.3. The summed E-state index contributed by atoms with van der Waals surface area (Å²) in [5.74, 6) is 0.715. The van der Waals surface area contributed by atoms with E-state index in [1.54, 1.807) is 0 Å². The normalized spacial score (nSPS) is 21.6. The van der Waals surface area contributed by atoms with Gasteiger partial charge in [-0.1, -0.05) is 30.3 Å². The molecule has 2 heteroatoms. The highest BCUT2D eigenvalue weighted by Gasteiger charge is 2.21. The van der Waals surface area contributed by atoms with Crippen LogP contribution in [-0.4, -0.2) is 25.8 Å². The molecule has 0 amide bonds. The van der Waals surface area contributed by atoms with Gasteiger partial charge >= 0.3 is 0 Å². The Morgan fingerprint density at radius 2 is 2.18 bits per heavy atom. The molecular formula is C15H23NO. The molecule has 2 nitrogen and oxygen atoms in total. The summed E-state index contributed by atoms with van der Waals surface area (Å²) < 4.78 is 5.41. The van der Waals surface area contributed by atoms with E-state index in [2.05, 4.69) is 42.6 Å². The van der Waals surface area contributed by atoms with Crippen LogP contribution in [0.2, 0.25) is 0 Å². The number of nitrogens with one attached hydrogen (secondary N) is 1. The fraction of sp³-hybridized carbons (Fsp3) is 0.600. The molecule has 1 aliphatic rings. The third-order valence-electron chi connectivity index (χ3n) is 3.62. The van der Waals surface area contributed by atoms with Crippen LogP contribution in [0.15, 0.2) is 30.3 Å². The van der Waals surface area contributed by atoms with Crippen LogP contribution in [-0.2, 0) is 11.2 Å². The predicted molar refractivity (Wildman–Crippen MR) is 71.2 cm³/mol. The van der Waals surface area contributed by atoms with Crippen molar-refractivity contribution in [3.8, 4) is 0 Å². The van der Waals surface area contributed by atoms with Crippen LogP contribution in [0.1, 0.15) is 25.3 Å². The maximum atomic E-state index is 5.41. The van der Waals surface area contributed by atoms with Crippen LogP contribution in [0.5, 0.6) is 0 Å². The van der Waals surface area contributed by atoms with Crippen molar-refractivity contribution in [1.29, 1.82) is 0 Å². The zero-order valence-corrected chi connectivity index (χ0v) is 10.7. The van der Waals surface area contributed by atoms with E-state index in [1.165, 1.54) is 24.8 Å². The zero-order valence-electron chi connectivity index (χ0n) is 10.7. The van der Waals surface area contributed by atoms with Gasteiger partial charge in [0.25, 0.3) is 0 Å². The number of ether oxygens (including phenoxy) is 1. The molecule has 17 heavy (non-hydrogen) atoms. The van der Waals surface area contributed by atoms with Crippen LogP contribution in [0.4, 0.5) is 0 Å². The first-order valence-corrected chi connectivity index (χ1v) is 6.71. The Hall–Kier alpha value is -0.860. The summed E-state index contributed by atoms with van der Waals surface area (Å²) >= 11 is 0. The molecule has 0 spiro atoms. The Balaban J connectivity index is 1.59. The van der Waals surface area contributed by atoms with Crippen LogP contribution < -0.4 is 5.32 Å². The maximum Gasteiger partial charge on any atom is 0.0509 e. The van der Waals surface area contributed by atoms with E-state index in [0.29, 0.717) is 12.0 Å². The van der Waals surface area contributed by atoms with Crippen molar-refractivity contribution in [3.63, 3.8) is 0 Å². The van der Waals surface area contributed by atoms with E-state index < -0.39 is 0 Å². The molecule has 1 aromatic rings. The zero-order chi connectivity index (χ0) is 11.9. The van der Waals surface area contributed by atoms with Gasteiger partial charge in [0.1, 0.15) is 0 Å². The molecule has 1 N–H and O–H groups in total. The van der Waals surface area contributed by atoms with Crippen molar-refractivity contribution in [2.75, 3.05) is 19.8 Å². The summed E-state index contributed by atoms with van der Waals surface area (Å²) in [6.07, 6.45) is 3.59. The first-order chi connectivity index (χ1) is 8.36. The van der Waals surface area contributed by atoms with Crippen molar-refractivity contribution in [2.24, 2.45) is 5.92 Å². The van der Waals surface area contributed by atoms with E-state index >= 15 is 0 Å². The summed E-state index contributed by atoms with van der Waals surface area (Å²) in [7, 11) is 0. The van der Waals surface area contributed by atoms with Gasteiger partial charge < -0.3 is 10.1 Å². The highest BCUT2D eigenvalue weighted by molar-refractivity contribution is 5.14. The lowest BCUT2D eigenvalue weighted by atomic mass is 10.0. The van der Waals surface area contributed by atoms with Crippen LogP contribution in [0, 0.1) is 5.92 Å². The molecule has 1 saturated heterocycles. The molecule has 2 atom stereocenters. The Morgan fingerprint density at radius 3 is 2.88 bits per heavy atom. The lowest BCUT2D eigenvalue weighted by molar-refractivity contribution is 0.178. The average molecular weight is 233 g/mol. The molecule has 0 aliphatic carbocycles. The molecule has 1 heterocycles. The number of benzene rings is 1. The Labute approximate surface area is 104 Å². The Morgan fingerprint density at radius 1 is 1.35 bits per heavy atom. The van der Waals surface area contributed by atoms with Crippen molar-refractivity contribution >= 4 is 0 Å². The predicted octanol–water partition coefficient (Wildman–Crippen LogP) is 2.63. The molecular weight excluding hydrogens is 210 g/mol. The number of hydrogen-bond acceptors (Lipinski definition) is 2. The molecule has 0 radical (unpaired) electrons. The minimum atomic E-state index is 0.591. The minimum Gasteiger partial charge on any atom is -0.381 e. The fourth-order valence-electron chi connectivity index (χ4n) is 2.38. The second-order valence-electron chi connectivity index (χ2n) is 4.96. The quantitative estimate of drug-likeness (QED) is 0.763. The monoisotopic (exact) mass is 233 g/mol. The molecule has 0 saturated carbocycles. The van der Waals surface area contributed by atoms with Gasteiger partial charge in [0.15, 0.2) is 0 Å². The molecule has 1 fully saturated rings. The molecule has 2 unspecified atom stereocenters. The lowest BCUT2D eigenvalue weighted by Crippen LogP contribution is -2.34. The molecule has 0 aromatic heterocycles. The van der Waals surface area contributed by atoms with E-state index in [0.717, 1.165) is 19.8 Å². The summed E-state index contributed by atoms with van der Waals surface area (Å²) in [5, 5.41) is 3.61. The molecule has 2 rings (SSSR count). The third-order valence-corrected chi connectivity index (χ3v) is 3.62. The van der Waals surface area contributed by atoms with Crippen LogP contribution in [0.3, 0.4) is 0 Å². The highest BCUT2D eigenvalue weighted by atomic mass is 16.5. The second kappa shape index (κ2) is 6.77. The second-order valence-corrected chi connectivity index (χ2v) is 4.96. The smallest absolute Gasteiger partial charge is 0.0509 e. The van der Waals surface area contributed by atoms with Gasteiger partial charge in [-0.15, -0.1) is 0 Å². The lowest BCUT2D eigenvalue weighted by Gasteiger charge is -2.19. The van der Waals surface area contributed by atoms with E-state index in [4.69, 9.17) is 4.74 Å². The molecule has 0 bridgehead atoms. The van der Waals surface area contributed by atoms with Crippen molar-refractivity contribution in [1.82, 2.24) is 5.32 Å². The van der Waals surface area contributed by atoms with E-state index in [9.17, 15) is 0 Å². The standard InChI is InChI=1S/C15H23NO/c1-13(15-9-11-17-12-15)16-10-5-8-14-6-3-2-4-7-14/h2-4,6-7,13,15-16H,5,8-12H2,1H3. The molecule has 94 valence electrons. The van der Waals surface area contributed by atoms with Gasteiger partial charge in [0.2, 0.25) is 0 Å². The van der Waals surface area contributed by atoms with Crippen molar-refractivity contribution in [3.05, 3.63) is 35.9 Å². The fourth-order valence-corrected chi connectivity index (χ4v) is 2.38. The van der Waals surface area contributed by atoms with Crippen molar-refractivity contribution in [2.45, 2.75) is 32.2 Å². The van der Waals surface area contributed by atoms with Crippen molar-refractivity contribution < 1.29 is 4.74 Å². The topological polar surface area (TPSA) is 21.3 Å². The third kappa shape index (κ3) is 4.14. The number of hydrogen-bond donors (Lipinski definition) is 1. The number of rotatable bonds is 6. The van der Waals surface area contributed by atoms with E-state index in [-0.39, 0.29) is 0 Å². The Kier molecular flexibility index (Phi) is 5.02. The summed E-state index contributed by atoms with van der Waals surface area (Å²) in [4.78, 5) is 0. The van der Waals surface area contributed by atoms with Crippen LogP contribution >= 0.6 is 0 Å². The number of aryl methyl sites for hydroxylation is 1. The molecule has 1 aliphatic heterocycles.